The van der Waals surface area contributed by atoms with Crippen LogP contribution in [-0.4, -0.2) is 28.1 Å². The van der Waals surface area contributed by atoms with Crippen molar-refractivity contribution in [1.82, 2.24) is 9.97 Å². The average Bonchev–Trinajstić information content (AvgIpc) is 3.77. The van der Waals surface area contributed by atoms with E-state index in [4.69, 9.17) is 14.7 Å². The Morgan fingerprint density at radius 2 is 1.16 bits per heavy atom. The molecule has 0 aliphatic heterocycles. The molecule has 0 spiro atoms. The molecule has 0 atom stereocenters. The molecule has 0 aliphatic rings. The summed E-state index contributed by atoms with van der Waals surface area (Å²) < 4.78 is 7.56. The standard InChI is InChI=1S/C34H30N2O2S6/c1-18-11-27(33-20(3)13-29(43-33)39-17-38-6)41-31(18)23-7-9-25(35-15-23)26-10-8-24(16-36-26)32-19(2)12-28(42-32)34-21(4)14-30(44-34)40-22(5)37/h7-16H,17H2,1-6H3. The number of nitrogens with zero attached hydrogens (tertiary/aromatic N) is 2. The molecule has 6 rings (SSSR count). The Hall–Kier alpha value is -2.57. The lowest BCUT2D eigenvalue weighted by Crippen LogP contribution is -1.88. The summed E-state index contributed by atoms with van der Waals surface area (Å²) in [6.07, 6.45) is 3.91. The number of aromatic nitrogens is 2. The van der Waals surface area contributed by atoms with Gasteiger partial charge in [-0.25, -0.2) is 0 Å². The molecule has 10 heteroatoms. The third kappa shape index (κ3) is 6.67. The summed E-state index contributed by atoms with van der Waals surface area (Å²) in [4.78, 5) is 28.7. The van der Waals surface area contributed by atoms with E-state index in [-0.39, 0.29) is 5.12 Å². The van der Waals surface area contributed by atoms with Crippen LogP contribution in [0.5, 0.6) is 0 Å². The number of thiophene rings is 4. The largest absolute Gasteiger partial charge is 0.374 e. The first kappa shape index (κ1) is 31.4. The predicted molar refractivity (Wildman–Crippen MR) is 194 cm³/mol. The maximum atomic E-state index is 11.6. The summed E-state index contributed by atoms with van der Waals surface area (Å²) in [7, 11) is 1.73. The minimum atomic E-state index is 0.114. The van der Waals surface area contributed by atoms with Crippen molar-refractivity contribution in [1.29, 1.82) is 0 Å². The lowest BCUT2D eigenvalue weighted by Gasteiger charge is -2.05. The molecule has 0 N–H and O–H groups in total. The fourth-order valence-corrected chi connectivity index (χ4v) is 11.8. The zero-order chi connectivity index (χ0) is 31.0. The molecular formula is C34H30N2O2S6. The van der Waals surface area contributed by atoms with Gasteiger partial charge in [-0.2, -0.15) is 0 Å². The zero-order valence-electron chi connectivity index (χ0n) is 25.1. The molecule has 0 bridgehead atoms. The second-order valence-electron chi connectivity index (χ2n) is 10.4. The molecule has 0 fully saturated rings. The van der Waals surface area contributed by atoms with Crippen molar-refractivity contribution in [3.8, 4) is 51.8 Å². The number of aryl methyl sites for hydroxylation is 4. The van der Waals surface area contributed by atoms with Gasteiger partial charge in [0, 0.05) is 66.8 Å². The van der Waals surface area contributed by atoms with Gasteiger partial charge in [-0.1, -0.05) is 11.8 Å². The van der Waals surface area contributed by atoms with Crippen molar-refractivity contribution < 1.29 is 9.53 Å². The summed E-state index contributed by atoms with van der Waals surface area (Å²) >= 11 is 10.2. The van der Waals surface area contributed by atoms with Crippen LogP contribution in [0.3, 0.4) is 0 Å². The first-order valence-electron chi connectivity index (χ1n) is 13.9. The van der Waals surface area contributed by atoms with Crippen LogP contribution in [-0.2, 0) is 9.53 Å². The summed E-state index contributed by atoms with van der Waals surface area (Å²) in [6.45, 7) is 10.2. The predicted octanol–water partition coefficient (Wildman–Crippen LogP) is 11.6. The summed E-state index contributed by atoms with van der Waals surface area (Å²) in [6, 6.07) is 17.3. The highest BCUT2D eigenvalue weighted by molar-refractivity contribution is 8.15. The van der Waals surface area contributed by atoms with Crippen molar-refractivity contribution in [3.63, 3.8) is 0 Å². The Labute approximate surface area is 282 Å². The maximum absolute atomic E-state index is 11.6. The fourth-order valence-electron chi connectivity index (χ4n) is 4.90. The second kappa shape index (κ2) is 13.4. The smallest absolute Gasteiger partial charge is 0.191 e. The van der Waals surface area contributed by atoms with Crippen molar-refractivity contribution in [2.75, 3.05) is 13.0 Å². The molecule has 0 unspecified atom stereocenters. The quantitative estimate of drug-likeness (QED) is 0.111. The van der Waals surface area contributed by atoms with Crippen LogP contribution in [0.15, 0.2) is 69.3 Å². The highest BCUT2D eigenvalue weighted by Crippen LogP contribution is 2.45. The van der Waals surface area contributed by atoms with Gasteiger partial charge in [-0.05, 0) is 110 Å². The third-order valence-corrected chi connectivity index (χ3v) is 14.4. The molecule has 0 saturated carbocycles. The number of hydrogen-bond donors (Lipinski definition) is 0. The van der Waals surface area contributed by atoms with E-state index < -0.39 is 0 Å². The second-order valence-corrected chi connectivity index (χ2v) is 17.3. The zero-order valence-corrected chi connectivity index (χ0v) is 30.0. The van der Waals surface area contributed by atoms with E-state index in [1.54, 1.807) is 48.5 Å². The Balaban J connectivity index is 1.20. The fraction of sp³-hybridized carbons (Fsp3) is 0.206. The highest BCUT2D eigenvalue weighted by atomic mass is 32.2. The van der Waals surface area contributed by atoms with Crippen LogP contribution in [0, 0.1) is 27.7 Å². The van der Waals surface area contributed by atoms with Gasteiger partial charge in [0.25, 0.3) is 0 Å². The van der Waals surface area contributed by atoms with Crippen molar-refractivity contribution in [2.45, 2.75) is 43.0 Å². The molecule has 44 heavy (non-hydrogen) atoms. The molecule has 0 saturated heterocycles. The molecular weight excluding hydrogens is 661 g/mol. The van der Waals surface area contributed by atoms with Gasteiger partial charge in [-0.3, -0.25) is 14.8 Å². The first-order chi connectivity index (χ1) is 21.2. The van der Waals surface area contributed by atoms with Crippen molar-refractivity contribution >= 4 is 74.0 Å². The Kier molecular flexibility index (Phi) is 9.58. The van der Waals surface area contributed by atoms with E-state index in [0.717, 1.165) is 26.7 Å². The highest BCUT2D eigenvalue weighted by Gasteiger charge is 2.17. The van der Waals surface area contributed by atoms with Gasteiger partial charge >= 0.3 is 0 Å². The van der Waals surface area contributed by atoms with Crippen LogP contribution in [0.25, 0.3) is 51.8 Å². The third-order valence-electron chi connectivity index (χ3n) is 6.95. The van der Waals surface area contributed by atoms with Crippen molar-refractivity contribution in [2.24, 2.45) is 0 Å². The van der Waals surface area contributed by atoms with Gasteiger partial charge in [-0.15, -0.1) is 45.3 Å². The average molecular weight is 691 g/mol. The number of ether oxygens (including phenoxy) is 1. The SMILES string of the molecule is COCSc1cc(C)c(-c2cc(C)c(-c3ccc(-c4ccc(-c5sc(-c6sc(SC(C)=O)cc6C)cc5C)cn4)nc3)s2)s1. The Morgan fingerprint density at radius 3 is 1.61 bits per heavy atom. The van der Waals surface area contributed by atoms with Crippen LogP contribution in [0.4, 0.5) is 0 Å². The maximum Gasteiger partial charge on any atom is 0.191 e. The van der Waals surface area contributed by atoms with Gasteiger partial charge in [0.1, 0.15) is 0 Å². The van der Waals surface area contributed by atoms with Gasteiger partial charge in [0.05, 0.1) is 25.7 Å². The lowest BCUT2D eigenvalue weighted by atomic mass is 10.1. The van der Waals surface area contributed by atoms with E-state index in [0.29, 0.717) is 5.94 Å². The molecule has 6 aromatic rings. The number of methoxy groups -OCH3 is 1. The van der Waals surface area contributed by atoms with E-state index in [9.17, 15) is 4.79 Å². The molecule has 0 amide bonds. The molecule has 0 radical (unpaired) electrons. The molecule has 4 nitrogen and oxygen atoms in total. The Bertz CT molecular complexity index is 1940. The van der Waals surface area contributed by atoms with Crippen LogP contribution >= 0.6 is 68.9 Å². The van der Waals surface area contributed by atoms with Gasteiger partial charge < -0.3 is 4.74 Å². The topological polar surface area (TPSA) is 52.1 Å². The molecule has 6 aromatic heterocycles. The van der Waals surface area contributed by atoms with E-state index in [1.165, 1.54) is 67.5 Å². The number of carbonyl (C=O) groups is 1. The number of thioether (sulfide) groups is 2. The summed E-state index contributed by atoms with van der Waals surface area (Å²) in [5.41, 5.74) is 8.93. The molecule has 0 aliphatic carbocycles. The summed E-state index contributed by atoms with van der Waals surface area (Å²) in [5, 5.41) is 0.114. The Morgan fingerprint density at radius 1 is 0.682 bits per heavy atom. The minimum absolute atomic E-state index is 0.114. The summed E-state index contributed by atoms with van der Waals surface area (Å²) in [5.74, 6) is 0.664. The van der Waals surface area contributed by atoms with Crippen LogP contribution < -0.4 is 0 Å². The van der Waals surface area contributed by atoms with E-state index >= 15 is 0 Å². The van der Waals surface area contributed by atoms with Crippen LogP contribution in [0.1, 0.15) is 29.2 Å². The number of rotatable bonds is 9. The number of hydrogen-bond acceptors (Lipinski definition) is 10. The first-order valence-corrected chi connectivity index (χ1v) is 18.9. The van der Waals surface area contributed by atoms with E-state index in [2.05, 4.69) is 76.2 Å². The number of pyridine rings is 2. The molecule has 224 valence electrons. The normalized spacial score (nSPS) is 11.4. The molecule has 0 aromatic carbocycles. The monoisotopic (exact) mass is 690 g/mol. The van der Waals surface area contributed by atoms with Gasteiger partial charge in [0.2, 0.25) is 0 Å². The molecule has 6 heterocycles. The van der Waals surface area contributed by atoms with Crippen LogP contribution in [0.2, 0.25) is 0 Å². The minimum Gasteiger partial charge on any atom is -0.374 e. The van der Waals surface area contributed by atoms with E-state index in [1.807, 2.05) is 35.1 Å². The lowest BCUT2D eigenvalue weighted by molar-refractivity contribution is -0.109. The number of carbonyl (C=O) groups excluding carboxylic acids is 1. The van der Waals surface area contributed by atoms with Gasteiger partial charge in [0.15, 0.2) is 5.12 Å². The van der Waals surface area contributed by atoms with Crippen molar-refractivity contribution in [3.05, 3.63) is 83.2 Å².